The largest absolute Gasteiger partial charge is 0.370 e. The number of hydrogen-bond acceptors (Lipinski definition) is 6. The second-order valence-electron chi connectivity index (χ2n) is 10.8. The molecule has 0 aliphatic carbocycles. The molecule has 0 saturated carbocycles. The number of nitrogens with one attached hydrogen (secondary N) is 4. The van der Waals surface area contributed by atoms with Crippen LogP contribution in [0.15, 0.2) is 59.6 Å². The summed E-state index contributed by atoms with van der Waals surface area (Å²) in [7, 11) is 0. The highest BCUT2D eigenvalue weighted by Gasteiger charge is 2.31. The van der Waals surface area contributed by atoms with Gasteiger partial charge >= 0.3 is 0 Å². The lowest BCUT2D eigenvalue weighted by Gasteiger charge is -2.28. The van der Waals surface area contributed by atoms with Gasteiger partial charge in [-0.15, -0.1) is 0 Å². The minimum Gasteiger partial charge on any atom is -0.370 e. The van der Waals surface area contributed by atoms with Crippen LogP contribution in [0.2, 0.25) is 0 Å². The molecule has 2 aromatic carbocycles. The van der Waals surface area contributed by atoms with Crippen molar-refractivity contribution in [3.05, 3.63) is 71.3 Å². The van der Waals surface area contributed by atoms with Gasteiger partial charge in [-0.2, -0.15) is 0 Å². The average molecular weight is 593 g/mol. The fourth-order valence-electron chi connectivity index (χ4n) is 4.98. The zero-order valence-corrected chi connectivity index (χ0v) is 24.7. The molecule has 43 heavy (non-hydrogen) atoms. The minimum absolute atomic E-state index is 0.0664. The first kappa shape index (κ1) is 33.1. The third-order valence-electron chi connectivity index (χ3n) is 7.40. The third kappa shape index (κ3) is 10.7. The zero-order valence-electron chi connectivity index (χ0n) is 24.7. The van der Waals surface area contributed by atoms with E-state index in [1.54, 1.807) is 0 Å². The summed E-state index contributed by atoms with van der Waals surface area (Å²) in [4.78, 5) is 56.3. The molecule has 1 heterocycles. The lowest BCUT2D eigenvalue weighted by molar-refractivity contribution is -0.133. The fourth-order valence-corrected chi connectivity index (χ4v) is 4.98. The van der Waals surface area contributed by atoms with E-state index in [-0.39, 0.29) is 31.3 Å². The van der Waals surface area contributed by atoms with E-state index < -0.39 is 41.9 Å². The number of unbranched alkanes of at least 4 members (excludes halogenated alkanes) is 1. The SMILES string of the molecule is CCCC[C@@H](NC(=O)[C@@H](Cc1ccccc1)NC(=O)[C@H]1Cc2ccccc2CN1)C(=O)N[C@H](CCCN=C(N)N)C(N)=O. The second-order valence-corrected chi connectivity index (χ2v) is 10.8. The Hall–Kier alpha value is -4.45. The van der Waals surface area contributed by atoms with Gasteiger partial charge < -0.3 is 38.5 Å². The van der Waals surface area contributed by atoms with Gasteiger partial charge in [0.15, 0.2) is 5.96 Å². The van der Waals surface area contributed by atoms with Crippen molar-refractivity contribution in [2.75, 3.05) is 6.54 Å². The second kappa shape index (κ2) is 16.9. The predicted octanol–water partition coefficient (Wildman–Crippen LogP) is 0.127. The summed E-state index contributed by atoms with van der Waals surface area (Å²) in [5.74, 6) is -2.08. The number of rotatable bonds is 16. The van der Waals surface area contributed by atoms with E-state index in [4.69, 9.17) is 17.2 Å². The number of guanidine groups is 1. The van der Waals surface area contributed by atoms with Crippen LogP contribution < -0.4 is 38.5 Å². The molecule has 232 valence electrons. The van der Waals surface area contributed by atoms with E-state index in [1.807, 2.05) is 61.5 Å². The molecule has 3 rings (SSSR count). The molecule has 4 atom stereocenters. The Morgan fingerprint density at radius 3 is 2.14 bits per heavy atom. The Balaban J connectivity index is 1.72. The highest BCUT2D eigenvalue weighted by Crippen LogP contribution is 2.17. The van der Waals surface area contributed by atoms with E-state index >= 15 is 0 Å². The molecule has 0 fully saturated rings. The molecule has 12 heteroatoms. The number of nitrogens with zero attached hydrogens (tertiary/aromatic N) is 1. The Kier molecular flexibility index (Phi) is 13.0. The Morgan fingerprint density at radius 2 is 1.47 bits per heavy atom. The summed E-state index contributed by atoms with van der Waals surface area (Å²) in [6.07, 6.45) is 3.18. The molecule has 4 amide bonds. The van der Waals surface area contributed by atoms with Crippen molar-refractivity contribution in [3.63, 3.8) is 0 Å². The van der Waals surface area contributed by atoms with Crippen LogP contribution >= 0.6 is 0 Å². The van der Waals surface area contributed by atoms with Gasteiger partial charge in [-0.05, 0) is 42.4 Å². The van der Waals surface area contributed by atoms with Gasteiger partial charge in [0.25, 0.3) is 0 Å². The van der Waals surface area contributed by atoms with Crippen LogP contribution in [0.3, 0.4) is 0 Å². The van der Waals surface area contributed by atoms with E-state index in [9.17, 15) is 19.2 Å². The van der Waals surface area contributed by atoms with Crippen LogP contribution in [-0.2, 0) is 38.6 Å². The Morgan fingerprint density at radius 1 is 0.837 bits per heavy atom. The number of hydrogen-bond donors (Lipinski definition) is 7. The van der Waals surface area contributed by atoms with Crippen molar-refractivity contribution >= 4 is 29.6 Å². The molecule has 0 radical (unpaired) electrons. The molecule has 0 unspecified atom stereocenters. The van der Waals surface area contributed by atoms with Gasteiger partial charge in [-0.3, -0.25) is 24.2 Å². The van der Waals surface area contributed by atoms with Crippen LogP contribution in [-0.4, -0.2) is 60.3 Å². The van der Waals surface area contributed by atoms with Crippen molar-refractivity contribution in [1.82, 2.24) is 21.3 Å². The molecule has 12 nitrogen and oxygen atoms in total. The van der Waals surface area contributed by atoms with Crippen LogP contribution in [0.4, 0.5) is 0 Å². The van der Waals surface area contributed by atoms with Gasteiger partial charge in [-0.1, -0.05) is 74.4 Å². The number of primary amides is 1. The summed E-state index contributed by atoms with van der Waals surface area (Å²) in [5, 5.41) is 11.7. The number of carbonyl (C=O) groups is 4. The molecule has 1 aliphatic rings. The molecular weight excluding hydrogens is 548 g/mol. The first-order valence-electron chi connectivity index (χ1n) is 14.8. The maximum Gasteiger partial charge on any atom is 0.243 e. The Bertz CT molecular complexity index is 1270. The third-order valence-corrected chi connectivity index (χ3v) is 7.40. The number of amides is 4. The maximum atomic E-state index is 13.7. The van der Waals surface area contributed by atoms with Crippen molar-refractivity contribution in [3.8, 4) is 0 Å². The molecule has 2 aromatic rings. The van der Waals surface area contributed by atoms with E-state index in [1.165, 1.54) is 0 Å². The van der Waals surface area contributed by atoms with Crippen molar-refractivity contribution in [1.29, 1.82) is 0 Å². The van der Waals surface area contributed by atoms with Gasteiger partial charge in [0, 0.05) is 19.5 Å². The van der Waals surface area contributed by atoms with Crippen LogP contribution in [0.25, 0.3) is 0 Å². The maximum absolute atomic E-state index is 13.7. The van der Waals surface area contributed by atoms with Gasteiger partial charge in [0.05, 0.1) is 6.04 Å². The molecule has 0 spiro atoms. The van der Waals surface area contributed by atoms with E-state index in [2.05, 4.69) is 26.3 Å². The highest BCUT2D eigenvalue weighted by atomic mass is 16.2. The number of aliphatic imine (C=N–C) groups is 1. The predicted molar refractivity (Wildman–Crippen MR) is 165 cm³/mol. The molecular formula is C31H44N8O4. The number of benzene rings is 2. The standard InChI is InChI=1S/C31H44N8O4/c1-2-3-14-24(28(41)37-23(27(32)40)15-9-16-35-31(33)34)38-30(43)26(17-20-10-5-4-6-11-20)39-29(42)25-18-21-12-7-8-13-22(21)19-36-25/h4-8,10-13,23-26,36H,2-3,9,14-19H2,1H3,(H2,32,40)(H,37,41)(H,38,43)(H,39,42)(H4,33,34,35)/t23-,24-,25-,26-/m1/s1. The van der Waals surface area contributed by atoms with Gasteiger partial charge in [0.1, 0.15) is 18.1 Å². The van der Waals surface area contributed by atoms with Crippen molar-refractivity contribution in [2.24, 2.45) is 22.2 Å². The Labute approximate surface area is 252 Å². The zero-order chi connectivity index (χ0) is 31.2. The van der Waals surface area contributed by atoms with E-state index in [0.29, 0.717) is 32.2 Å². The lowest BCUT2D eigenvalue weighted by atomic mass is 9.95. The summed E-state index contributed by atoms with van der Waals surface area (Å²) < 4.78 is 0. The summed E-state index contributed by atoms with van der Waals surface area (Å²) in [5.41, 5.74) is 19.3. The molecule has 0 aromatic heterocycles. The summed E-state index contributed by atoms with van der Waals surface area (Å²) >= 11 is 0. The van der Waals surface area contributed by atoms with Crippen molar-refractivity contribution in [2.45, 2.75) is 82.6 Å². The monoisotopic (exact) mass is 592 g/mol. The minimum atomic E-state index is -0.956. The van der Waals surface area contributed by atoms with Gasteiger partial charge in [0.2, 0.25) is 23.6 Å². The molecule has 1 aliphatic heterocycles. The normalized spacial score (nSPS) is 16.1. The number of nitrogens with two attached hydrogens (primary N) is 3. The van der Waals surface area contributed by atoms with Crippen LogP contribution in [0.5, 0.6) is 0 Å². The quantitative estimate of drug-likeness (QED) is 0.0813. The van der Waals surface area contributed by atoms with E-state index in [0.717, 1.165) is 23.1 Å². The summed E-state index contributed by atoms with van der Waals surface area (Å²) in [6, 6.07) is 14.0. The fraction of sp³-hybridized carbons (Fsp3) is 0.452. The topological polar surface area (TPSA) is 207 Å². The van der Waals surface area contributed by atoms with Crippen LogP contribution in [0.1, 0.15) is 55.7 Å². The molecule has 0 bridgehead atoms. The lowest BCUT2D eigenvalue weighted by Crippen LogP contribution is -2.58. The number of carbonyl (C=O) groups excluding carboxylic acids is 4. The molecule has 0 saturated heterocycles. The average Bonchev–Trinajstić information content (AvgIpc) is 3.00. The first-order valence-corrected chi connectivity index (χ1v) is 14.8. The highest BCUT2D eigenvalue weighted by molar-refractivity contribution is 5.94. The smallest absolute Gasteiger partial charge is 0.243 e. The first-order chi connectivity index (χ1) is 20.7. The number of fused-ring (bicyclic) bond motifs is 1. The molecule has 10 N–H and O–H groups in total. The summed E-state index contributed by atoms with van der Waals surface area (Å²) in [6.45, 7) is 2.80. The van der Waals surface area contributed by atoms with Gasteiger partial charge in [-0.25, -0.2) is 0 Å². The van der Waals surface area contributed by atoms with Crippen LogP contribution in [0, 0.1) is 0 Å². The van der Waals surface area contributed by atoms with Crippen molar-refractivity contribution < 1.29 is 19.2 Å².